The summed E-state index contributed by atoms with van der Waals surface area (Å²) in [4.78, 5) is 13.2. The van der Waals surface area contributed by atoms with E-state index in [0.717, 1.165) is 24.9 Å². The fourth-order valence-electron chi connectivity index (χ4n) is 2.30. The molecule has 1 N–H and O–H groups in total. The second-order valence-electron chi connectivity index (χ2n) is 4.66. The molecule has 0 aromatic carbocycles. The first-order valence-electron chi connectivity index (χ1n) is 6.14. The number of aromatic nitrogens is 2. The van der Waals surface area contributed by atoms with Crippen molar-refractivity contribution in [2.24, 2.45) is 0 Å². The molecule has 5 heteroatoms. The highest BCUT2D eigenvalue weighted by Crippen LogP contribution is 2.24. The molecular formula is C12H21N5. The van der Waals surface area contributed by atoms with E-state index in [1.54, 1.807) is 0 Å². The summed E-state index contributed by atoms with van der Waals surface area (Å²) in [5.41, 5.74) is 0. The van der Waals surface area contributed by atoms with E-state index in [2.05, 4.69) is 20.2 Å². The number of nitrogens with zero attached hydrogens (tertiary/aromatic N) is 4. The normalized spacial score (nSPS) is 19.7. The molecule has 0 aliphatic carbocycles. The third-order valence-corrected chi connectivity index (χ3v) is 3.14. The lowest BCUT2D eigenvalue weighted by molar-refractivity contribution is 0.611. The Bertz CT molecular complexity index is 366. The number of hydrogen-bond donors (Lipinski definition) is 1. The van der Waals surface area contributed by atoms with Crippen LogP contribution in [-0.2, 0) is 0 Å². The first kappa shape index (κ1) is 12.1. The fourth-order valence-corrected chi connectivity index (χ4v) is 2.30. The third-order valence-electron chi connectivity index (χ3n) is 3.14. The maximum atomic E-state index is 4.60. The molecule has 1 aliphatic heterocycles. The number of anilines is 2. The monoisotopic (exact) mass is 235 g/mol. The number of rotatable bonds is 4. The SMILES string of the molecule is CNCC1CCCN1c1ccnc(N(C)C)n1. The van der Waals surface area contributed by atoms with Crippen LogP contribution in [0.5, 0.6) is 0 Å². The van der Waals surface area contributed by atoms with Crippen LogP contribution in [0.4, 0.5) is 11.8 Å². The van der Waals surface area contributed by atoms with Gasteiger partial charge in [0, 0.05) is 39.4 Å². The van der Waals surface area contributed by atoms with Crippen LogP contribution in [0.1, 0.15) is 12.8 Å². The molecule has 1 fully saturated rings. The maximum Gasteiger partial charge on any atom is 0.226 e. The van der Waals surface area contributed by atoms with E-state index in [4.69, 9.17) is 0 Å². The van der Waals surface area contributed by atoms with Crippen molar-refractivity contribution in [3.05, 3.63) is 12.3 Å². The predicted octanol–water partition coefficient (Wildman–Crippen LogP) is 0.731. The van der Waals surface area contributed by atoms with E-state index in [9.17, 15) is 0 Å². The van der Waals surface area contributed by atoms with E-state index >= 15 is 0 Å². The van der Waals surface area contributed by atoms with Crippen LogP contribution in [0.2, 0.25) is 0 Å². The van der Waals surface area contributed by atoms with Crippen molar-refractivity contribution in [1.29, 1.82) is 0 Å². The second kappa shape index (κ2) is 5.31. The molecule has 2 heterocycles. The lowest BCUT2D eigenvalue weighted by Gasteiger charge is -2.26. The minimum Gasteiger partial charge on any atom is -0.352 e. The number of hydrogen-bond acceptors (Lipinski definition) is 5. The zero-order chi connectivity index (χ0) is 12.3. The Labute approximate surface area is 103 Å². The molecule has 1 aromatic rings. The van der Waals surface area contributed by atoms with Crippen molar-refractivity contribution in [2.45, 2.75) is 18.9 Å². The molecule has 1 saturated heterocycles. The minimum absolute atomic E-state index is 0.560. The van der Waals surface area contributed by atoms with Gasteiger partial charge in [-0.3, -0.25) is 0 Å². The van der Waals surface area contributed by atoms with Crippen molar-refractivity contribution in [3.63, 3.8) is 0 Å². The quantitative estimate of drug-likeness (QED) is 0.833. The summed E-state index contributed by atoms with van der Waals surface area (Å²) >= 11 is 0. The van der Waals surface area contributed by atoms with Crippen LogP contribution in [0.15, 0.2) is 12.3 Å². The third kappa shape index (κ3) is 2.66. The highest BCUT2D eigenvalue weighted by Gasteiger charge is 2.25. The molecule has 5 nitrogen and oxygen atoms in total. The van der Waals surface area contributed by atoms with Crippen molar-refractivity contribution in [1.82, 2.24) is 15.3 Å². The van der Waals surface area contributed by atoms with Gasteiger partial charge in [0.25, 0.3) is 0 Å². The van der Waals surface area contributed by atoms with Crippen molar-refractivity contribution >= 4 is 11.8 Å². The van der Waals surface area contributed by atoms with Gasteiger partial charge in [-0.25, -0.2) is 4.98 Å². The largest absolute Gasteiger partial charge is 0.352 e. The molecule has 0 saturated carbocycles. The fraction of sp³-hybridized carbons (Fsp3) is 0.667. The highest BCUT2D eigenvalue weighted by molar-refractivity contribution is 5.45. The van der Waals surface area contributed by atoms with Gasteiger partial charge in [-0.1, -0.05) is 0 Å². The predicted molar refractivity (Wildman–Crippen MR) is 70.7 cm³/mol. The van der Waals surface area contributed by atoms with Gasteiger partial charge in [0.05, 0.1) is 0 Å². The molecule has 94 valence electrons. The molecule has 0 amide bonds. The van der Waals surface area contributed by atoms with Gasteiger partial charge in [-0.05, 0) is 26.0 Å². The van der Waals surface area contributed by atoms with Crippen LogP contribution in [-0.4, -0.2) is 50.2 Å². The Morgan fingerprint density at radius 3 is 3.06 bits per heavy atom. The van der Waals surface area contributed by atoms with E-state index < -0.39 is 0 Å². The minimum atomic E-state index is 0.560. The van der Waals surface area contributed by atoms with E-state index in [1.165, 1.54) is 12.8 Å². The van der Waals surface area contributed by atoms with Gasteiger partial charge < -0.3 is 15.1 Å². The summed E-state index contributed by atoms with van der Waals surface area (Å²) < 4.78 is 0. The van der Waals surface area contributed by atoms with Crippen molar-refractivity contribution < 1.29 is 0 Å². The van der Waals surface area contributed by atoms with Crippen LogP contribution in [0.3, 0.4) is 0 Å². The van der Waals surface area contributed by atoms with Gasteiger partial charge in [0.15, 0.2) is 0 Å². The van der Waals surface area contributed by atoms with E-state index in [0.29, 0.717) is 6.04 Å². The standard InChI is InChI=1S/C12H21N5/c1-13-9-10-5-4-8-17(10)11-6-7-14-12(15-11)16(2)3/h6-7,10,13H,4-5,8-9H2,1-3H3. The molecule has 2 rings (SSSR count). The molecule has 1 unspecified atom stereocenters. The van der Waals surface area contributed by atoms with Crippen LogP contribution in [0, 0.1) is 0 Å². The Morgan fingerprint density at radius 1 is 1.53 bits per heavy atom. The zero-order valence-corrected chi connectivity index (χ0v) is 10.8. The van der Waals surface area contributed by atoms with Crippen molar-refractivity contribution in [2.75, 3.05) is 44.0 Å². The molecular weight excluding hydrogens is 214 g/mol. The lowest BCUT2D eigenvalue weighted by Crippen LogP contribution is -2.37. The maximum absolute atomic E-state index is 4.60. The van der Waals surface area contributed by atoms with Crippen LogP contribution in [0.25, 0.3) is 0 Å². The van der Waals surface area contributed by atoms with Gasteiger partial charge in [0.2, 0.25) is 5.95 Å². The van der Waals surface area contributed by atoms with Crippen LogP contribution < -0.4 is 15.1 Å². The van der Waals surface area contributed by atoms with E-state index in [1.807, 2.05) is 38.3 Å². The molecule has 1 atom stereocenters. The Kier molecular flexibility index (Phi) is 3.78. The van der Waals surface area contributed by atoms with Gasteiger partial charge in [-0.2, -0.15) is 4.98 Å². The lowest BCUT2D eigenvalue weighted by atomic mass is 10.2. The summed E-state index contributed by atoms with van der Waals surface area (Å²) in [6.45, 7) is 2.11. The average molecular weight is 235 g/mol. The van der Waals surface area contributed by atoms with Gasteiger partial charge in [0.1, 0.15) is 5.82 Å². The first-order chi connectivity index (χ1) is 8.22. The molecule has 17 heavy (non-hydrogen) atoms. The smallest absolute Gasteiger partial charge is 0.226 e. The Morgan fingerprint density at radius 2 is 2.35 bits per heavy atom. The summed E-state index contributed by atoms with van der Waals surface area (Å²) in [5, 5.41) is 3.25. The zero-order valence-electron chi connectivity index (χ0n) is 10.8. The molecule has 0 bridgehead atoms. The number of nitrogens with one attached hydrogen (secondary N) is 1. The average Bonchev–Trinajstić information content (AvgIpc) is 2.78. The summed E-state index contributed by atoms with van der Waals surface area (Å²) in [7, 11) is 5.93. The van der Waals surface area contributed by atoms with Gasteiger partial charge in [-0.15, -0.1) is 0 Å². The summed E-state index contributed by atoms with van der Waals surface area (Å²) in [6, 6.07) is 2.56. The van der Waals surface area contributed by atoms with E-state index in [-0.39, 0.29) is 0 Å². The summed E-state index contributed by atoms with van der Waals surface area (Å²) in [6.07, 6.45) is 4.32. The number of likely N-dealkylation sites (N-methyl/N-ethyl adjacent to an activating group) is 1. The highest BCUT2D eigenvalue weighted by atomic mass is 15.3. The Hall–Kier alpha value is -1.36. The second-order valence-corrected chi connectivity index (χ2v) is 4.66. The molecule has 0 spiro atoms. The van der Waals surface area contributed by atoms with Gasteiger partial charge >= 0.3 is 0 Å². The molecule has 1 aromatic heterocycles. The Balaban J connectivity index is 2.18. The molecule has 0 radical (unpaired) electrons. The topological polar surface area (TPSA) is 44.3 Å². The summed E-state index contributed by atoms with van der Waals surface area (Å²) in [5.74, 6) is 1.82. The van der Waals surface area contributed by atoms with Crippen molar-refractivity contribution in [3.8, 4) is 0 Å². The molecule has 1 aliphatic rings. The van der Waals surface area contributed by atoms with Crippen LogP contribution >= 0.6 is 0 Å². The first-order valence-corrected chi connectivity index (χ1v) is 6.14.